The molecule has 0 unspecified atom stereocenters. The van der Waals surface area contributed by atoms with Gasteiger partial charge in [-0.15, -0.1) is 5.06 Å². The monoisotopic (exact) mass is 180 g/mol. The molecule has 0 bridgehead atoms. The van der Waals surface area contributed by atoms with Gasteiger partial charge in [-0.1, -0.05) is 0 Å². The first-order valence-corrected chi connectivity index (χ1v) is 4.32. The number of nitrogens with zero attached hydrogens (tertiary/aromatic N) is 2. The van der Waals surface area contributed by atoms with E-state index in [0.717, 1.165) is 5.75 Å². The number of hydroxylamine groups is 2. The highest BCUT2D eigenvalue weighted by Gasteiger charge is 2.18. The molecule has 0 fully saturated rings. The van der Waals surface area contributed by atoms with Crippen LogP contribution in [0.1, 0.15) is 20.8 Å². The fourth-order valence-corrected chi connectivity index (χ4v) is 0.694. The fraction of sp³-hybridized carbons (Fsp3) is 0.500. The first kappa shape index (κ1) is 9.99. The van der Waals surface area contributed by atoms with Crippen molar-refractivity contribution in [1.29, 1.82) is 0 Å². The van der Waals surface area contributed by atoms with E-state index >= 15 is 0 Å². The first-order chi connectivity index (χ1) is 6.00. The minimum Gasteiger partial charge on any atom is -0.406 e. The minimum absolute atomic E-state index is 0.00324. The molecular formula is C10H16N2O. The Kier molecular flexibility index (Phi) is 2.88. The standard InChI is InChI=1S/C10H16N2O/c1-10(2,3)12(4)13-9-5-7-11-8-6-9/h5-8H,1-4H3. The molecule has 0 N–H and O–H groups in total. The topological polar surface area (TPSA) is 25.4 Å². The van der Waals surface area contributed by atoms with Crippen molar-refractivity contribution < 1.29 is 4.84 Å². The van der Waals surface area contributed by atoms with E-state index in [1.807, 2.05) is 24.2 Å². The molecule has 3 nitrogen and oxygen atoms in total. The number of pyridine rings is 1. The molecule has 0 aromatic carbocycles. The van der Waals surface area contributed by atoms with Gasteiger partial charge in [-0.25, -0.2) is 0 Å². The number of aromatic nitrogens is 1. The van der Waals surface area contributed by atoms with Crippen molar-refractivity contribution in [2.45, 2.75) is 26.3 Å². The summed E-state index contributed by atoms with van der Waals surface area (Å²) in [6.07, 6.45) is 3.43. The molecule has 0 aliphatic rings. The second-order valence-electron chi connectivity index (χ2n) is 3.94. The number of hydrogen-bond acceptors (Lipinski definition) is 3. The van der Waals surface area contributed by atoms with Crippen LogP contribution in [0.2, 0.25) is 0 Å². The summed E-state index contributed by atoms with van der Waals surface area (Å²) in [5.41, 5.74) is 0.00324. The first-order valence-electron chi connectivity index (χ1n) is 4.32. The quantitative estimate of drug-likeness (QED) is 0.652. The van der Waals surface area contributed by atoms with Gasteiger partial charge < -0.3 is 4.84 Å². The Balaban J connectivity index is 2.61. The van der Waals surface area contributed by atoms with E-state index < -0.39 is 0 Å². The molecule has 0 aliphatic carbocycles. The maximum atomic E-state index is 5.57. The van der Waals surface area contributed by atoms with E-state index in [2.05, 4.69) is 25.8 Å². The third kappa shape index (κ3) is 3.03. The third-order valence-electron chi connectivity index (χ3n) is 1.84. The molecule has 1 aromatic heterocycles. The van der Waals surface area contributed by atoms with Gasteiger partial charge in [-0.05, 0) is 20.8 Å². The van der Waals surface area contributed by atoms with E-state index in [1.165, 1.54) is 0 Å². The Labute approximate surface area is 79.3 Å². The third-order valence-corrected chi connectivity index (χ3v) is 1.84. The lowest BCUT2D eigenvalue weighted by Crippen LogP contribution is -2.40. The molecule has 0 spiro atoms. The second-order valence-corrected chi connectivity index (χ2v) is 3.94. The largest absolute Gasteiger partial charge is 0.406 e. The number of hydrogen-bond donors (Lipinski definition) is 0. The average molecular weight is 180 g/mol. The van der Waals surface area contributed by atoms with Gasteiger partial charge in [-0.2, -0.15) is 0 Å². The van der Waals surface area contributed by atoms with Crippen molar-refractivity contribution in [3.05, 3.63) is 24.5 Å². The second kappa shape index (κ2) is 3.75. The van der Waals surface area contributed by atoms with Gasteiger partial charge in [0.2, 0.25) is 0 Å². The van der Waals surface area contributed by atoms with Gasteiger partial charge in [0.1, 0.15) is 0 Å². The summed E-state index contributed by atoms with van der Waals surface area (Å²) in [6.45, 7) is 6.27. The van der Waals surface area contributed by atoms with Crippen LogP contribution in [-0.4, -0.2) is 22.6 Å². The number of rotatable bonds is 2. The van der Waals surface area contributed by atoms with E-state index in [4.69, 9.17) is 4.84 Å². The summed E-state index contributed by atoms with van der Waals surface area (Å²) in [4.78, 5) is 9.49. The van der Waals surface area contributed by atoms with Crippen LogP contribution in [0.3, 0.4) is 0 Å². The molecule has 1 rings (SSSR count). The Bertz CT molecular complexity index is 253. The summed E-state index contributed by atoms with van der Waals surface area (Å²) in [6, 6.07) is 3.67. The fourth-order valence-electron chi connectivity index (χ4n) is 0.694. The minimum atomic E-state index is 0.00324. The van der Waals surface area contributed by atoms with E-state index in [1.54, 1.807) is 12.4 Å². The van der Waals surface area contributed by atoms with Gasteiger partial charge in [0.15, 0.2) is 5.75 Å². The normalized spacial score (nSPS) is 11.8. The summed E-state index contributed by atoms with van der Waals surface area (Å²) in [5.74, 6) is 0.812. The van der Waals surface area contributed by atoms with Crippen LogP contribution >= 0.6 is 0 Å². The van der Waals surface area contributed by atoms with Crippen molar-refractivity contribution in [2.24, 2.45) is 0 Å². The summed E-state index contributed by atoms with van der Waals surface area (Å²) >= 11 is 0. The molecule has 0 amide bonds. The van der Waals surface area contributed by atoms with Crippen LogP contribution in [0.25, 0.3) is 0 Å². The molecule has 3 heteroatoms. The van der Waals surface area contributed by atoms with Gasteiger partial charge in [-0.3, -0.25) is 4.98 Å². The van der Waals surface area contributed by atoms with Crippen LogP contribution in [0, 0.1) is 0 Å². The van der Waals surface area contributed by atoms with Crippen LogP contribution in [0.4, 0.5) is 0 Å². The van der Waals surface area contributed by atoms with Crippen LogP contribution in [-0.2, 0) is 0 Å². The maximum Gasteiger partial charge on any atom is 0.150 e. The Morgan fingerprint density at radius 3 is 2.23 bits per heavy atom. The van der Waals surface area contributed by atoms with E-state index in [9.17, 15) is 0 Å². The van der Waals surface area contributed by atoms with Crippen LogP contribution < -0.4 is 4.84 Å². The molecule has 0 atom stereocenters. The summed E-state index contributed by atoms with van der Waals surface area (Å²) in [5, 5.41) is 1.82. The Hall–Kier alpha value is -1.09. The summed E-state index contributed by atoms with van der Waals surface area (Å²) < 4.78 is 0. The van der Waals surface area contributed by atoms with Gasteiger partial charge in [0.05, 0.1) is 0 Å². The lowest BCUT2D eigenvalue weighted by molar-refractivity contribution is -0.102. The van der Waals surface area contributed by atoms with Crippen molar-refractivity contribution in [2.75, 3.05) is 7.05 Å². The highest BCUT2D eigenvalue weighted by molar-refractivity contribution is 5.16. The van der Waals surface area contributed by atoms with Crippen molar-refractivity contribution in [3.8, 4) is 5.75 Å². The van der Waals surface area contributed by atoms with Gasteiger partial charge in [0.25, 0.3) is 0 Å². The highest BCUT2D eigenvalue weighted by Crippen LogP contribution is 2.15. The molecule has 1 heterocycles. The maximum absolute atomic E-state index is 5.57. The zero-order valence-corrected chi connectivity index (χ0v) is 8.61. The SMILES string of the molecule is CN(Oc1ccncc1)C(C)(C)C. The predicted molar refractivity (Wildman–Crippen MR) is 52.4 cm³/mol. The highest BCUT2D eigenvalue weighted by atomic mass is 16.7. The van der Waals surface area contributed by atoms with Crippen LogP contribution in [0.15, 0.2) is 24.5 Å². The summed E-state index contributed by atoms with van der Waals surface area (Å²) in [7, 11) is 1.92. The van der Waals surface area contributed by atoms with Crippen LogP contribution in [0.5, 0.6) is 5.75 Å². The molecule has 0 aliphatic heterocycles. The van der Waals surface area contributed by atoms with E-state index in [0.29, 0.717) is 0 Å². The Morgan fingerprint density at radius 2 is 1.77 bits per heavy atom. The lowest BCUT2D eigenvalue weighted by atomic mass is 10.1. The van der Waals surface area contributed by atoms with Crippen molar-refractivity contribution >= 4 is 0 Å². The predicted octanol–water partition coefficient (Wildman–Crippen LogP) is 2.11. The van der Waals surface area contributed by atoms with Gasteiger partial charge >= 0.3 is 0 Å². The zero-order chi connectivity index (χ0) is 9.90. The van der Waals surface area contributed by atoms with Crippen molar-refractivity contribution in [3.63, 3.8) is 0 Å². The smallest absolute Gasteiger partial charge is 0.150 e. The molecular weight excluding hydrogens is 164 g/mol. The zero-order valence-electron chi connectivity index (χ0n) is 8.61. The lowest BCUT2D eigenvalue weighted by Gasteiger charge is -2.30. The Morgan fingerprint density at radius 1 is 1.23 bits per heavy atom. The van der Waals surface area contributed by atoms with E-state index in [-0.39, 0.29) is 5.54 Å². The molecule has 72 valence electrons. The molecule has 13 heavy (non-hydrogen) atoms. The molecule has 0 saturated heterocycles. The molecule has 1 aromatic rings. The average Bonchev–Trinajstić information content (AvgIpc) is 2.04. The molecule has 0 radical (unpaired) electrons. The van der Waals surface area contributed by atoms with Crippen molar-refractivity contribution in [1.82, 2.24) is 10.0 Å². The molecule has 0 saturated carbocycles. The van der Waals surface area contributed by atoms with Gasteiger partial charge in [0, 0.05) is 37.1 Å².